The molecule has 0 saturated carbocycles. The van der Waals surface area contributed by atoms with Gasteiger partial charge >= 0.3 is 0 Å². The van der Waals surface area contributed by atoms with E-state index >= 15 is 0 Å². The molecule has 0 bridgehead atoms. The molecule has 0 amide bonds. The van der Waals surface area contributed by atoms with E-state index < -0.39 is 0 Å². The van der Waals surface area contributed by atoms with Crippen LogP contribution in [0.4, 0.5) is 0 Å². The van der Waals surface area contributed by atoms with Crippen LogP contribution in [0.3, 0.4) is 0 Å². The van der Waals surface area contributed by atoms with Gasteiger partial charge in [0.25, 0.3) is 0 Å². The van der Waals surface area contributed by atoms with E-state index in [0.29, 0.717) is 29.6 Å². The molecule has 1 aliphatic carbocycles. The number of rotatable bonds is 9. The summed E-state index contributed by atoms with van der Waals surface area (Å²) in [6, 6.07) is 8.27. The summed E-state index contributed by atoms with van der Waals surface area (Å²) in [6.45, 7) is 16.8. The first-order valence-corrected chi connectivity index (χ1v) is 12.9. The van der Waals surface area contributed by atoms with Crippen molar-refractivity contribution in [3.05, 3.63) is 47.4 Å². The fraction of sp³-hybridized carbons (Fsp3) is 0.643. The Kier molecular flexibility index (Phi) is 8.56. The Morgan fingerprint density at radius 2 is 1.74 bits per heavy atom. The Hall–Kier alpha value is -2.02. The number of aryl methyl sites for hydroxylation is 1. The Morgan fingerprint density at radius 3 is 2.41 bits per heavy atom. The summed E-state index contributed by atoms with van der Waals surface area (Å²) in [5, 5.41) is 8.71. The molecule has 1 aromatic carbocycles. The standard InChI is InChI=1S/C28H42N4O2/c1-20(2)26-17-24(18-27-29-30-28(34-27)23-8-6-21(3)7-9-23)22(4)16-25(26)19-32-12-10-31(11-13-32)14-15-33-5/h6-9,16,20,24-26H,10-15,17-19H2,1-5H3. The average Bonchev–Trinajstić information content (AvgIpc) is 3.29. The van der Waals surface area contributed by atoms with E-state index in [9.17, 15) is 0 Å². The summed E-state index contributed by atoms with van der Waals surface area (Å²) in [6.07, 6.45) is 4.59. The summed E-state index contributed by atoms with van der Waals surface area (Å²) in [5.41, 5.74) is 3.70. The van der Waals surface area contributed by atoms with Crippen LogP contribution >= 0.6 is 0 Å². The third-order valence-electron chi connectivity index (χ3n) is 7.82. The molecule has 2 aliphatic rings. The smallest absolute Gasteiger partial charge is 0.247 e. The summed E-state index contributed by atoms with van der Waals surface area (Å²) >= 11 is 0. The second-order valence-corrected chi connectivity index (χ2v) is 10.6. The van der Waals surface area contributed by atoms with Crippen molar-refractivity contribution < 1.29 is 9.15 Å². The number of hydrogen-bond acceptors (Lipinski definition) is 6. The molecular formula is C28H42N4O2. The SMILES string of the molecule is COCCN1CCN(CC2C=C(C)C(Cc3nnc(-c4ccc(C)cc4)o3)CC2C(C)C)CC1. The largest absolute Gasteiger partial charge is 0.421 e. The lowest BCUT2D eigenvalue weighted by atomic mass is 9.69. The molecule has 186 valence electrons. The van der Waals surface area contributed by atoms with E-state index in [-0.39, 0.29) is 0 Å². The lowest BCUT2D eigenvalue weighted by Crippen LogP contribution is -2.49. The highest BCUT2D eigenvalue weighted by Crippen LogP contribution is 2.39. The quantitative estimate of drug-likeness (QED) is 0.499. The first kappa shape index (κ1) is 25.1. The van der Waals surface area contributed by atoms with Crippen molar-refractivity contribution in [3.8, 4) is 11.5 Å². The number of piperazine rings is 1. The minimum Gasteiger partial charge on any atom is -0.421 e. The molecule has 6 nitrogen and oxygen atoms in total. The van der Waals surface area contributed by atoms with Gasteiger partial charge < -0.3 is 14.1 Å². The molecule has 6 heteroatoms. The van der Waals surface area contributed by atoms with Crippen LogP contribution in [0.25, 0.3) is 11.5 Å². The molecule has 1 aliphatic heterocycles. The summed E-state index contributed by atoms with van der Waals surface area (Å²) in [7, 11) is 1.79. The number of hydrogen-bond donors (Lipinski definition) is 0. The third kappa shape index (κ3) is 6.35. The van der Waals surface area contributed by atoms with E-state index in [0.717, 1.165) is 57.2 Å². The average molecular weight is 467 g/mol. The van der Waals surface area contributed by atoms with Crippen LogP contribution in [-0.4, -0.2) is 73.0 Å². The molecule has 0 N–H and O–H groups in total. The third-order valence-corrected chi connectivity index (χ3v) is 7.82. The second kappa shape index (κ2) is 11.6. The zero-order valence-corrected chi connectivity index (χ0v) is 21.7. The maximum atomic E-state index is 6.07. The van der Waals surface area contributed by atoms with Crippen molar-refractivity contribution in [1.82, 2.24) is 20.0 Å². The molecule has 2 aromatic rings. The van der Waals surface area contributed by atoms with Crippen molar-refractivity contribution in [2.45, 2.75) is 40.5 Å². The lowest BCUT2D eigenvalue weighted by Gasteiger charge is -2.41. The maximum Gasteiger partial charge on any atom is 0.247 e. The normalized spacial score (nSPS) is 24.5. The van der Waals surface area contributed by atoms with Gasteiger partial charge in [0, 0.05) is 58.4 Å². The summed E-state index contributed by atoms with van der Waals surface area (Å²) in [4.78, 5) is 5.19. The second-order valence-electron chi connectivity index (χ2n) is 10.6. The molecule has 1 fully saturated rings. The maximum absolute atomic E-state index is 6.07. The van der Waals surface area contributed by atoms with Crippen LogP contribution in [-0.2, 0) is 11.2 Å². The van der Waals surface area contributed by atoms with Crippen LogP contribution in [0.5, 0.6) is 0 Å². The Bertz CT molecular complexity index is 928. The Labute approximate surface area is 205 Å². The van der Waals surface area contributed by atoms with Crippen LogP contribution in [0.1, 0.15) is 38.6 Å². The zero-order valence-electron chi connectivity index (χ0n) is 21.7. The summed E-state index contributed by atoms with van der Waals surface area (Å²) in [5.74, 6) is 3.80. The van der Waals surface area contributed by atoms with Crippen molar-refractivity contribution >= 4 is 0 Å². The number of nitrogens with zero attached hydrogens (tertiary/aromatic N) is 4. The van der Waals surface area contributed by atoms with E-state index in [1.807, 2.05) is 0 Å². The summed E-state index contributed by atoms with van der Waals surface area (Å²) < 4.78 is 11.3. The Morgan fingerprint density at radius 1 is 1.03 bits per heavy atom. The van der Waals surface area contributed by atoms with Gasteiger partial charge in [-0.1, -0.05) is 43.2 Å². The number of allylic oxidation sites excluding steroid dienone is 1. The Balaban J connectivity index is 1.38. The predicted octanol–water partition coefficient (Wildman–Crippen LogP) is 4.71. The zero-order chi connectivity index (χ0) is 24.1. The topological polar surface area (TPSA) is 54.6 Å². The molecule has 1 saturated heterocycles. The van der Waals surface area contributed by atoms with E-state index in [1.165, 1.54) is 24.1 Å². The van der Waals surface area contributed by atoms with Crippen molar-refractivity contribution in [2.24, 2.45) is 23.7 Å². The minimum atomic E-state index is 0.473. The van der Waals surface area contributed by atoms with Gasteiger partial charge in [0.1, 0.15) is 0 Å². The van der Waals surface area contributed by atoms with Crippen LogP contribution < -0.4 is 0 Å². The van der Waals surface area contributed by atoms with E-state index in [1.54, 1.807) is 7.11 Å². The van der Waals surface area contributed by atoms with Gasteiger partial charge in [0.2, 0.25) is 11.8 Å². The molecule has 3 atom stereocenters. The molecule has 4 rings (SSSR count). The molecule has 0 radical (unpaired) electrons. The predicted molar refractivity (Wildman–Crippen MR) is 137 cm³/mol. The van der Waals surface area contributed by atoms with Gasteiger partial charge in [-0.3, -0.25) is 4.90 Å². The molecular weight excluding hydrogens is 424 g/mol. The van der Waals surface area contributed by atoms with Gasteiger partial charge in [-0.05, 0) is 56.1 Å². The molecule has 0 spiro atoms. The number of benzene rings is 1. The first-order valence-electron chi connectivity index (χ1n) is 12.9. The monoisotopic (exact) mass is 466 g/mol. The van der Waals surface area contributed by atoms with Gasteiger partial charge in [0.15, 0.2) is 0 Å². The van der Waals surface area contributed by atoms with E-state index in [4.69, 9.17) is 9.15 Å². The minimum absolute atomic E-state index is 0.473. The fourth-order valence-electron chi connectivity index (χ4n) is 5.56. The highest BCUT2D eigenvalue weighted by molar-refractivity contribution is 5.52. The molecule has 34 heavy (non-hydrogen) atoms. The molecule has 2 heterocycles. The lowest BCUT2D eigenvalue weighted by molar-refractivity contribution is 0.0798. The number of methoxy groups -OCH3 is 1. The number of ether oxygens (including phenoxy) is 1. The number of aromatic nitrogens is 2. The van der Waals surface area contributed by atoms with Crippen LogP contribution in [0.2, 0.25) is 0 Å². The van der Waals surface area contributed by atoms with Gasteiger partial charge in [-0.25, -0.2) is 0 Å². The first-order chi connectivity index (χ1) is 16.4. The van der Waals surface area contributed by atoms with Crippen molar-refractivity contribution in [2.75, 3.05) is 53.0 Å². The van der Waals surface area contributed by atoms with Crippen molar-refractivity contribution in [1.29, 1.82) is 0 Å². The van der Waals surface area contributed by atoms with Gasteiger partial charge in [0.05, 0.1) is 6.61 Å². The fourth-order valence-corrected chi connectivity index (χ4v) is 5.56. The van der Waals surface area contributed by atoms with Crippen LogP contribution in [0, 0.1) is 30.6 Å². The van der Waals surface area contributed by atoms with E-state index in [2.05, 4.69) is 78.0 Å². The highest BCUT2D eigenvalue weighted by atomic mass is 16.5. The molecule has 3 unspecified atom stereocenters. The molecule has 1 aromatic heterocycles. The highest BCUT2D eigenvalue weighted by Gasteiger charge is 2.34. The van der Waals surface area contributed by atoms with Gasteiger partial charge in [-0.2, -0.15) is 0 Å². The van der Waals surface area contributed by atoms with Gasteiger partial charge in [-0.15, -0.1) is 10.2 Å². The van der Waals surface area contributed by atoms with Crippen molar-refractivity contribution in [3.63, 3.8) is 0 Å². The van der Waals surface area contributed by atoms with Crippen LogP contribution in [0.15, 0.2) is 40.3 Å².